The second-order valence-electron chi connectivity index (χ2n) is 5.19. The van der Waals surface area contributed by atoms with Crippen LogP contribution in [0.25, 0.3) is 0 Å². The molecule has 2 rings (SSSR count). The van der Waals surface area contributed by atoms with E-state index in [9.17, 15) is 4.79 Å². The summed E-state index contributed by atoms with van der Waals surface area (Å²) in [7, 11) is 2.08. The molecule has 0 spiro atoms. The molecule has 1 aliphatic heterocycles. The van der Waals surface area contributed by atoms with Crippen LogP contribution in [0, 0.1) is 0 Å². The summed E-state index contributed by atoms with van der Waals surface area (Å²) in [4.78, 5) is 14.0. The molecule has 1 aromatic rings. The number of rotatable bonds is 2. The van der Waals surface area contributed by atoms with Crippen LogP contribution in [0.4, 0.5) is 11.4 Å². The first-order chi connectivity index (χ1) is 7.88. The van der Waals surface area contributed by atoms with Crippen molar-refractivity contribution < 1.29 is 4.79 Å². The summed E-state index contributed by atoms with van der Waals surface area (Å²) in [6.07, 6.45) is 1.03. The summed E-state index contributed by atoms with van der Waals surface area (Å²) < 4.78 is 0. The summed E-state index contributed by atoms with van der Waals surface area (Å²) >= 11 is 0. The molecule has 0 radical (unpaired) electrons. The number of hydrogen-bond acceptors (Lipinski definition) is 3. The van der Waals surface area contributed by atoms with Gasteiger partial charge in [-0.25, -0.2) is 0 Å². The van der Waals surface area contributed by atoms with Gasteiger partial charge in [-0.05, 0) is 44.0 Å². The molecule has 1 aromatic carbocycles. The Balaban J connectivity index is 2.17. The summed E-state index contributed by atoms with van der Waals surface area (Å²) in [5.74, 6) is -0.163. The molecule has 0 aromatic heterocycles. The Morgan fingerprint density at radius 3 is 2.82 bits per heavy atom. The van der Waals surface area contributed by atoms with E-state index in [1.54, 1.807) is 13.8 Å². The number of carbonyl (C=O) groups excluding carboxylic acids is 1. The molecular formula is C13H19N3O. The van der Waals surface area contributed by atoms with Crippen molar-refractivity contribution in [2.24, 2.45) is 5.73 Å². The van der Waals surface area contributed by atoms with Gasteiger partial charge >= 0.3 is 0 Å². The zero-order valence-corrected chi connectivity index (χ0v) is 10.6. The first kappa shape index (κ1) is 11.9. The Labute approximate surface area is 102 Å². The predicted octanol–water partition coefficient (Wildman–Crippen LogP) is 1.35. The van der Waals surface area contributed by atoms with Gasteiger partial charge in [-0.3, -0.25) is 4.79 Å². The Morgan fingerprint density at radius 2 is 2.18 bits per heavy atom. The number of nitrogens with one attached hydrogen (secondary N) is 1. The van der Waals surface area contributed by atoms with Crippen LogP contribution in [0.1, 0.15) is 19.4 Å². The van der Waals surface area contributed by atoms with Crippen molar-refractivity contribution in [2.75, 3.05) is 23.8 Å². The molecular weight excluding hydrogens is 214 g/mol. The quantitative estimate of drug-likeness (QED) is 0.810. The van der Waals surface area contributed by atoms with Crippen LogP contribution in [-0.4, -0.2) is 25.0 Å². The van der Waals surface area contributed by atoms with Gasteiger partial charge in [0.05, 0.1) is 5.54 Å². The number of carbonyl (C=O) groups is 1. The van der Waals surface area contributed by atoms with Gasteiger partial charge in [0.2, 0.25) is 5.91 Å². The van der Waals surface area contributed by atoms with E-state index in [2.05, 4.69) is 17.3 Å². The zero-order valence-electron chi connectivity index (χ0n) is 10.6. The molecule has 0 saturated heterocycles. The van der Waals surface area contributed by atoms with Crippen LogP contribution < -0.4 is 16.0 Å². The third-order valence-corrected chi connectivity index (χ3v) is 3.05. The fraction of sp³-hybridized carbons (Fsp3) is 0.462. The van der Waals surface area contributed by atoms with Gasteiger partial charge in [-0.1, -0.05) is 0 Å². The van der Waals surface area contributed by atoms with Gasteiger partial charge in [0.15, 0.2) is 0 Å². The van der Waals surface area contributed by atoms with E-state index in [0.717, 1.165) is 18.7 Å². The lowest BCUT2D eigenvalue weighted by Crippen LogP contribution is -2.45. The predicted molar refractivity (Wildman–Crippen MR) is 70.3 cm³/mol. The number of nitrogens with two attached hydrogens (primary N) is 1. The number of amides is 1. The van der Waals surface area contributed by atoms with E-state index in [0.29, 0.717) is 0 Å². The lowest BCUT2D eigenvalue weighted by Gasteiger charge is -2.18. The first-order valence-corrected chi connectivity index (χ1v) is 5.82. The van der Waals surface area contributed by atoms with Crippen molar-refractivity contribution in [3.05, 3.63) is 23.8 Å². The number of benzene rings is 1. The van der Waals surface area contributed by atoms with Crippen LogP contribution in [0.5, 0.6) is 0 Å². The molecule has 1 amide bonds. The average molecular weight is 233 g/mol. The van der Waals surface area contributed by atoms with Crippen molar-refractivity contribution in [1.82, 2.24) is 0 Å². The first-order valence-electron chi connectivity index (χ1n) is 5.82. The van der Waals surface area contributed by atoms with Crippen LogP contribution >= 0.6 is 0 Å². The largest absolute Gasteiger partial charge is 0.374 e. The van der Waals surface area contributed by atoms with Gasteiger partial charge in [0.1, 0.15) is 0 Å². The topological polar surface area (TPSA) is 58.4 Å². The van der Waals surface area contributed by atoms with Crippen LogP contribution in [0.3, 0.4) is 0 Å². The van der Waals surface area contributed by atoms with Crippen molar-refractivity contribution in [2.45, 2.75) is 25.8 Å². The van der Waals surface area contributed by atoms with Crippen LogP contribution in [-0.2, 0) is 11.2 Å². The fourth-order valence-corrected chi connectivity index (χ4v) is 1.94. The minimum atomic E-state index is -0.851. The number of anilines is 2. The standard InChI is InChI=1S/C13H19N3O/c1-13(2,14)12(17)15-10-4-5-11-9(8-10)6-7-16(11)3/h4-5,8H,6-7,14H2,1-3H3,(H,15,17). The number of fused-ring (bicyclic) bond motifs is 1. The molecule has 1 aliphatic rings. The molecule has 0 fully saturated rings. The minimum Gasteiger partial charge on any atom is -0.374 e. The highest BCUT2D eigenvalue weighted by atomic mass is 16.2. The highest BCUT2D eigenvalue weighted by Crippen LogP contribution is 2.29. The lowest BCUT2D eigenvalue weighted by molar-refractivity contribution is -0.120. The molecule has 3 N–H and O–H groups in total. The van der Waals surface area contributed by atoms with E-state index >= 15 is 0 Å². The van der Waals surface area contributed by atoms with Gasteiger partial charge in [-0.2, -0.15) is 0 Å². The smallest absolute Gasteiger partial charge is 0.243 e. The number of likely N-dealkylation sites (N-methyl/N-ethyl adjacent to an activating group) is 1. The van der Waals surface area contributed by atoms with Gasteiger partial charge in [0, 0.05) is 25.0 Å². The van der Waals surface area contributed by atoms with Crippen molar-refractivity contribution in [3.63, 3.8) is 0 Å². The third kappa shape index (κ3) is 2.42. The Hall–Kier alpha value is -1.55. The minimum absolute atomic E-state index is 0.163. The zero-order chi connectivity index (χ0) is 12.6. The summed E-state index contributed by atoms with van der Waals surface area (Å²) in [5, 5.41) is 2.84. The summed E-state index contributed by atoms with van der Waals surface area (Å²) in [6.45, 7) is 4.43. The van der Waals surface area contributed by atoms with E-state index < -0.39 is 5.54 Å². The second-order valence-corrected chi connectivity index (χ2v) is 5.19. The fourth-order valence-electron chi connectivity index (χ4n) is 1.94. The van der Waals surface area contributed by atoms with Gasteiger partial charge in [-0.15, -0.1) is 0 Å². The van der Waals surface area contributed by atoms with E-state index in [4.69, 9.17) is 5.73 Å². The molecule has 92 valence electrons. The van der Waals surface area contributed by atoms with E-state index in [1.807, 2.05) is 18.2 Å². The molecule has 0 saturated carbocycles. The third-order valence-electron chi connectivity index (χ3n) is 3.05. The molecule has 4 nitrogen and oxygen atoms in total. The van der Waals surface area contributed by atoms with Crippen molar-refractivity contribution in [3.8, 4) is 0 Å². The van der Waals surface area contributed by atoms with Crippen LogP contribution in [0.15, 0.2) is 18.2 Å². The Kier molecular flexibility index (Phi) is 2.83. The van der Waals surface area contributed by atoms with Gasteiger partial charge in [0.25, 0.3) is 0 Å². The van der Waals surface area contributed by atoms with E-state index in [1.165, 1.54) is 11.3 Å². The number of hydrogen-bond donors (Lipinski definition) is 2. The van der Waals surface area contributed by atoms with Crippen molar-refractivity contribution >= 4 is 17.3 Å². The number of nitrogens with zero attached hydrogens (tertiary/aromatic N) is 1. The average Bonchev–Trinajstić information content (AvgIpc) is 2.59. The Bertz CT molecular complexity index is 448. The second kappa shape index (κ2) is 4.04. The highest BCUT2D eigenvalue weighted by molar-refractivity contribution is 5.97. The van der Waals surface area contributed by atoms with E-state index in [-0.39, 0.29) is 5.91 Å². The molecule has 0 unspecified atom stereocenters. The maximum atomic E-state index is 11.8. The Morgan fingerprint density at radius 1 is 1.47 bits per heavy atom. The summed E-state index contributed by atoms with van der Waals surface area (Å²) in [6, 6.07) is 5.99. The maximum Gasteiger partial charge on any atom is 0.243 e. The van der Waals surface area contributed by atoms with Crippen LogP contribution in [0.2, 0.25) is 0 Å². The lowest BCUT2D eigenvalue weighted by atomic mass is 10.1. The molecule has 17 heavy (non-hydrogen) atoms. The van der Waals surface area contributed by atoms with Gasteiger partial charge < -0.3 is 16.0 Å². The van der Waals surface area contributed by atoms with Crippen molar-refractivity contribution in [1.29, 1.82) is 0 Å². The maximum absolute atomic E-state index is 11.8. The normalized spacial score (nSPS) is 14.7. The summed E-state index contributed by atoms with van der Waals surface area (Å²) in [5.41, 5.74) is 8.24. The monoisotopic (exact) mass is 233 g/mol. The SMILES string of the molecule is CN1CCc2cc(NC(=O)C(C)(C)N)ccc21. The highest BCUT2D eigenvalue weighted by Gasteiger charge is 2.22. The molecule has 4 heteroatoms. The molecule has 0 aliphatic carbocycles. The molecule has 0 atom stereocenters. The molecule has 0 bridgehead atoms. The molecule has 1 heterocycles.